The number of likely N-dealkylation sites (tertiary alicyclic amines) is 2. The molecule has 2 fully saturated rings. The first-order chi connectivity index (χ1) is 15.7. The molecule has 2 amide bonds. The minimum absolute atomic E-state index is 0.0380. The molecule has 2 heterocycles. The summed E-state index contributed by atoms with van der Waals surface area (Å²) in [5, 5.41) is -1.75. The largest absolute Gasteiger partial charge is 0.356 e. The fraction of sp³-hybridized carbons (Fsp3) is 0.348. The Bertz CT molecular complexity index is 1140. The van der Waals surface area contributed by atoms with Crippen LogP contribution in [0.15, 0.2) is 47.4 Å². The molecule has 33 heavy (non-hydrogen) atoms. The van der Waals surface area contributed by atoms with Crippen molar-refractivity contribution in [3.05, 3.63) is 70.1 Å². The van der Waals surface area contributed by atoms with Crippen LogP contribution in [0.3, 0.4) is 0 Å². The van der Waals surface area contributed by atoms with Crippen molar-refractivity contribution in [2.45, 2.75) is 11.3 Å². The van der Waals surface area contributed by atoms with E-state index in [1.807, 2.05) is 18.2 Å². The van der Waals surface area contributed by atoms with Crippen LogP contribution in [0.25, 0.3) is 0 Å². The SMILES string of the molecule is NC(=O)S(=O)(=O)c1cc(Cl)c(C(=O)N2CC3CN(CC[CH]c4ccccc4)C[C@H]3C2)c(Cl)c1. The minimum atomic E-state index is -4.39. The maximum absolute atomic E-state index is 13.1. The number of rotatable bonds is 6. The molecule has 2 aliphatic rings. The molecule has 2 saturated heterocycles. The second-order valence-corrected chi connectivity index (χ2v) is 11.2. The quantitative estimate of drug-likeness (QED) is 0.643. The lowest BCUT2D eigenvalue weighted by Gasteiger charge is -2.22. The second kappa shape index (κ2) is 9.62. The Morgan fingerprint density at radius 3 is 2.12 bits per heavy atom. The Morgan fingerprint density at radius 2 is 1.58 bits per heavy atom. The van der Waals surface area contributed by atoms with E-state index in [9.17, 15) is 18.0 Å². The number of carbonyl (C=O) groups excluding carboxylic acids is 2. The first kappa shape index (κ1) is 24.0. The molecule has 2 N–H and O–H groups in total. The molecule has 1 radical (unpaired) electrons. The van der Waals surface area contributed by atoms with Gasteiger partial charge in [0.15, 0.2) is 0 Å². The van der Waals surface area contributed by atoms with Crippen LogP contribution in [-0.2, 0) is 9.84 Å². The van der Waals surface area contributed by atoms with Crippen LogP contribution in [0.1, 0.15) is 22.3 Å². The van der Waals surface area contributed by atoms with Gasteiger partial charge < -0.3 is 15.5 Å². The molecule has 2 aromatic carbocycles. The van der Waals surface area contributed by atoms with Crippen LogP contribution >= 0.6 is 23.2 Å². The highest BCUT2D eigenvalue weighted by atomic mass is 35.5. The van der Waals surface area contributed by atoms with Crippen molar-refractivity contribution in [3.8, 4) is 0 Å². The van der Waals surface area contributed by atoms with Gasteiger partial charge in [-0.2, -0.15) is 0 Å². The standard InChI is InChI=1S/C23H24Cl2N3O4S/c24-19-9-18(33(31,32)23(26)30)10-20(25)21(19)22(29)28-13-16-11-27(12-17(16)14-28)8-4-7-15-5-2-1-3-6-15/h1-3,5-7,9-10,16-17H,4,8,11-14H2,(H2,26,30)/t16-,17?/m0/s1. The highest BCUT2D eigenvalue weighted by Crippen LogP contribution is 2.35. The van der Waals surface area contributed by atoms with Crippen LogP contribution < -0.4 is 5.73 Å². The summed E-state index contributed by atoms with van der Waals surface area (Å²) in [6.07, 6.45) is 3.20. The highest BCUT2D eigenvalue weighted by molar-refractivity contribution is 8.06. The molecular formula is C23H24Cl2N3O4S. The van der Waals surface area contributed by atoms with E-state index in [1.165, 1.54) is 5.56 Å². The average Bonchev–Trinajstić information content (AvgIpc) is 3.32. The number of halogens is 2. The monoisotopic (exact) mass is 508 g/mol. The van der Waals surface area contributed by atoms with Gasteiger partial charge in [0.1, 0.15) is 0 Å². The van der Waals surface area contributed by atoms with Gasteiger partial charge in [-0.25, -0.2) is 8.42 Å². The van der Waals surface area contributed by atoms with Crippen molar-refractivity contribution < 1.29 is 18.0 Å². The topological polar surface area (TPSA) is 101 Å². The van der Waals surface area contributed by atoms with Crippen molar-refractivity contribution in [2.75, 3.05) is 32.7 Å². The maximum Gasteiger partial charge on any atom is 0.338 e. The second-order valence-electron chi connectivity index (χ2n) is 8.48. The van der Waals surface area contributed by atoms with Crippen LogP contribution in [0.5, 0.6) is 0 Å². The molecule has 0 spiro atoms. The van der Waals surface area contributed by atoms with E-state index in [0.717, 1.165) is 38.2 Å². The zero-order valence-electron chi connectivity index (χ0n) is 17.8. The summed E-state index contributed by atoms with van der Waals surface area (Å²) in [7, 11) is -4.39. The Morgan fingerprint density at radius 1 is 1.00 bits per heavy atom. The smallest absolute Gasteiger partial charge is 0.338 e. The summed E-state index contributed by atoms with van der Waals surface area (Å²) in [4.78, 5) is 28.1. The van der Waals surface area contributed by atoms with E-state index >= 15 is 0 Å². The maximum atomic E-state index is 13.1. The highest BCUT2D eigenvalue weighted by Gasteiger charge is 2.42. The summed E-state index contributed by atoms with van der Waals surface area (Å²) in [6, 6.07) is 12.3. The van der Waals surface area contributed by atoms with Gasteiger partial charge in [-0.05, 0) is 48.9 Å². The number of nitrogens with two attached hydrogens (primary N) is 1. The number of hydrogen-bond acceptors (Lipinski definition) is 5. The van der Waals surface area contributed by atoms with E-state index in [4.69, 9.17) is 28.9 Å². The third-order valence-corrected chi connectivity index (χ3v) is 8.26. The Hall–Kier alpha value is -2.13. The van der Waals surface area contributed by atoms with E-state index < -0.39 is 20.0 Å². The lowest BCUT2D eigenvalue weighted by atomic mass is 10.0. The van der Waals surface area contributed by atoms with Crippen molar-refractivity contribution in [1.29, 1.82) is 0 Å². The Balaban J connectivity index is 1.36. The molecule has 4 rings (SSSR count). The third kappa shape index (κ3) is 5.04. The van der Waals surface area contributed by atoms with Crippen LogP contribution in [0.2, 0.25) is 10.0 Å². The number of amides is 2. The van der Waals surface area contributed by atoms with E-state index in [0.29, 0.717) is 24.9 Å². The molecule has 2 atom stereocenters. The van der Waals surface area contributed by atoms with E-state index in [2.05, 4.69) is 23.5 Å². The Labute approximate surface area is 203 Å². The van der Waals surface area contributed by atoms with Gasteiger partial charge >= 0.3 is 5.24 Å². The summed E-state index contributed by atoms with van der Waals surface area (Å²) in [6.45, 7) is 4.01. The fourth-order valence-electron chi connectivity index (χ4n) is 4.63. The van der Waals surface area contributed by atoms with Crippen LogP contribution in [-0.4, -0.2) is 62.1 Å². The first-order valence-electron chi connectivity index (χ1n) is 10.6. The number of sulfone groups is 1. The molecular weight excluding hydrogens is 485 g/mol. The van der Waals surface area contributed by atoms with Gasteiger partial charge in [0, 0.05) is 26.2 Å². The average molecular weight is 509 g/mol. The molecule has 0 bridgehead atoms. The number of hydrogen-bond donors (Lipinski definition) is 1. The normalized spacial score (nSPS) is 20.7. The van der Waals surface area contributed by atoms with Crippen molar-refractivity contribution in [2.24, 2.45) is 17.6 Å². The summed E-state index contributed by atoms with van der Waals surface area (Å²) in [5.41, 5.74) is 6.19. The predicted molar refractivity (Wildman–Crippen MR) is 127 cm³/mol. The van der Waals surface area contributed by atoms with Crippen molar-refractivity contribution in [3.63, 3.8) is 0 Å². The zero-order chi connectivity index (χ0) is 23.8. The molecule has 1 unspecified atom stereocenters. The molecule has 0 saturated carbocycles. The number of fused-ring (bicyclic) bond motifs is 1. The molecule has 175 valence electrons. The van der Waals surface area contributed by atoms with Gasteiger partial charge in [-0.15, -0.1) is 0 Å². The Kier molecular flexibility index (Phi) is 7.00. The molecule has 0 aliphatic carbocycles. The van der Waals surface area contributed by atoms with Gasteiger partial charge in [0.25, 0.3) is 15.7 Å². The fourth-order valence-corrected chi connectivity index (χ4v) is 6.18. The summed E-state index contributed by atoms with van der Waals surface area (Å²) < 4.78 is 24.0. The number of benzene rings is 2. The molecule has 7 nitrogen and oxygen atoms in total. The molecule has 2 aromatic rings. The molecule has 10 heteroatoms. The summed E-state index contributed by atoms with van der Waals surface area (Å²) >= 11 is 12.4. The predicted octanol–water partition coefficient (Wildman–Crippen LogP) is 3.49. The number of primary amides is 1. The zero-order valence-corrected chi connectivity index (χ0v) is 20.1. The van der Waals surface area contributed by atoms with Gasteiger partial charge in [-0.3, -0.25) is 9.59 Å². The molecule has 0 aromatic heterocycles. The van der Waals surface area contributed by atoms with E-state index in [-0.39, 0.29) is 21.5 Å². The molecule has 2 aliphatic heterocycles. The van der Waals surface area contributed by atoms with Gasteiger partial charge in [-0.1, -0.05) is 53.5 Å². The van der Waals surface area contributed by atoms with Crippen molar-refractivity contribution in [1.82, 2.24) is 9.80 Å². The minimum Gasteiger partial charge on any atom is -0.356 e. The lowest BCUT2D eigenvalue weighted by Crippen LogP contribution is -2.34. The van der Waals surface area contributed by atoms with Gasteiger partial charge in [0.05, 0.1) is 20.5 Å². The lowest BCUT2D eigenvalue weighted by molar-refractivity contribution is 0.0774. The van der Waals surface area contributed by atoms with Crippen molar-refractivity contribution >= 4 is 44.2 Å². The van der Waals surface area contributed by atoms with Gasteiger partial charge in [0.2, 0.25) is 0 Å². The first-order valence-corrected chi connectivity index (χ1v) is 12.8. The van der Waals surface area contributed by atoms with E-state index in [1.54, 1.807) is 4.90 Å². The van der Waals surface area contributed by atoms with Crippen LogP contribution in [0, 0.1) is 18.3 Å². The summed E-state index contributed by atoms with van der Waals surface area (Å²) in [5.74, 6) is 0.405. The number of carbonyl (C=O) groups is 2. The third-order valence-electron chi connectivity index (χ3n) is 6.28. The van der Waals surface area contributed by atoms with Crippen LogP contribution in [0.4, 0.5) is 4.79 Å². The number of nitrogens with zero attached hydrogens (tertiary/aromatic N) is 2.